The molecule has 19 heavy (non-hydrogen) atoms. The molecule has 0 aromatic carbocycles. The van der Waals surface area contributed by atoms with Crippen LogP contribution in [-0.4, -0.2) is 10.8 Å². The summed E-state index contributed by atoms with van der Waals surface area (Å²) in [4.78, 5) is 15.1. The van der Waals surface area contributed by atoms with Gasteiger partial charge in [0.1, 0.15) is 10.8 Å². The van der Waals surface area contributed by atoms with Crippen LogP contribution in [0.2, 0.25) is 10.4 Å². The standard InChI is InChI=1S/C11H4Cl2F3NO2/c12-9-5(1-2-7(17-9)11(14,15)16)8(18)6-3-4-19-10(6)13/h1-4H. The van der Waals surface area contributed by atoms with E-state index in [4.69, 9.17) is 27.6 Å². The van der Waals surface area contributed by atoms with Gasteiger partial charge in [0.05, 0.1) is 17.4 Å². The Morgan fingerprint density at radius 1 is 1.16 bits per heavy atom. The Morgan fingerprint density at radius 2 is 1.84 bits per heavy atom. The molecule has 0 aliphatic rings. The summed E-state index contributed by atoms with van der Waals surface area (Å²) >= 11 is 11.2. The van der Waals surface area contributed by atoms with Gasteiger partial charge >= 0.3 is 6.18 Å². The number of rotatable bonds is 2. The first-order valence-electron chi connectivity index (χ1n) is 4.82. The van der Waals surface area contributed by atoms with Crippen LogP contribution in [0.25, 0.3) is 0 Å². The largest absolute Gasteiger partial charge is 0.452 e. The molecule has 2 rings (SSSR count). The molecule has 0 spiro atoms. The molecule has 2 aromatic heterocycles. The fourth-order valence-electron chi connectivity index (χ4n) is 1.36. The fraction of sp³-hybridized carbons (Fsp3) is 0.0909. The van der Waals surface area contributed by atoms with Gasteiger partial charge in [0.15, 0.2) is 0 Å². The van der Waals surface area contributed by atoms with Crippen LogP contribution < -0.4 is 0 Å². The van der Waals surface area contributed by atoms with E-state index in [2.05, 4.69) is 4.98 Å². The van der Waals surface area contributed by atoms with E-state index >= 15 is 0 Å². The predicted octanol–water partition coefficient (Wildman–Crippen LogP) is 4.23. The van der Waals surface area contributed by atoms with Crippen LogP contribution in [0.5, 0.6) is 0 Å². The molecule has 0 N–H and O–H groups in total. The van der Waals surface area contributed by atoms with Gasteiger partial charge in [-0.2, -0.15) is 13.2 Å². The highest BCUT2D eigenvalue weighted by Gasteiger charge is 2.33. The molecule has 0 saturated heterocycles. The Balaban J connectivity index is 2.43. The van der Waals surface area contributed by atoms with Crippen molar-refractivity contribution in [3.8, 4) is 0 Å². The first kappa shape index (κ1) is 13.9. The molecule has 100 valence electrons. The van der Waals surface area contributed by atoms with Crippen LogP contribution in [0.3, 0.4) is 0 Å². The molecule has 2 heterocycles. The van der Waals surface area contributed by atoms with Crippen LogP contribution in [0.15, 0.2) is 28.9 Å². The van der Waals surface area contributed by atoms with E-state index in [1.807, 2.05) is 0 Å². The van der Waals surface area contributed by atoms with Gasteiger partial charge < -0.3 is 4.42 Å². The van der Waals surface area contributed by atoms with Crippen molar-refractivity contribution in [3.05, 3.63) is 51.7 Å². The quantitative estimate of drug-likeness (QED) is 0.616. The van der Waals surface area contributed by atoms with E-state index in [9.17, 15) is 18.0 Å². The van der Waals surface area contributed by atoms with Gasteiger partial charge in [-0.05, 0) is 29.8 Å². The number of pyridine rings is 1. The van der Waals surface area contributed by atoms with Gasteiger partial charge in [-0.1, -0.05) is 11.6 Å². The number of hydrogen-bond donors (Lipinski definition) is 0. The minimum atomic E-state index is -4.63. The summed E-state index contributed by atoms with van der Waals surface area (Å²) in [5.41, 5.74) is -1.35. The van der Waals surface area contributed by atoms with Crippen molar-refractivity contribution in [1.82, 2.24) is 4.98 Å². The molecular formula is C11H4Cl2F3NO2. The number of carbonyl (C=O) groups excluding carboxylic acids is 1. The topological polar surface area (TPSA) is 43.1 Å². The molecule has 0 aliphatic heterocycles. The zero-order chi connectivity index (χ0) is 14.2. The molecule has 0 unspecified atom stereocenters. The minimum absolute atomic E-state index is 0.00475. The van der Waals surface area contributed by atoms with Crippen LogP contribution in [0.1, 0.15) is 21.6 Å². The van der Waals surface area contributed by atoms with E-state index in [1.165, 1.54) is 12.3 Å². The first-order valence-corrected chi connectivity index (χ1v) is 5.57. The summed E-state index contributed by atoms with van der Waals surface area (Å²) in [7, 11) is 0. The normalized spacial score (nSPS) is 11.6. The Morgan fingerprint density at radius 3 is 2.32 bits per heavy atom. The lowest BCUT2D eigenvalue weighted by molar-refractivity contribution is -0.141. The van der Waals surface area contributed by atoms with E-state index in [0.29, 0.717) is 6.07 Å². The number of halogens is 5. The Hall–Kier alpha value is -1.53. The Bertz CT molecular complexity index is 637. The number of furan rings is 1. The SMILES string of the molecule is O=C(c1ccc(C(F)(F)F)nc1Cl)c1ccoc1Cl. The van der Waals surface area contributed by atoms with Gasteiger partial charge in [0, 0.05) is 0 Å². The summed E-state index contributed by atoms with van der Waals surface area (Å²) in [6, 6.07) is 2.91. The molecule has 8 heteroatoms. The van der Waals surface area contributed by atoms with Gasteiger partial charge in [-0.3, -0.25) is 4.79 Å². The highest BCUT2D eigenvalue weighted by Crippen LogP contribution is 2.30. The zero-order valence-electron chi connectivity index (χ0n) is 8.96. The summed E-state index contributed by atoms with van der Waals surface area (Å²) < 4.78 is 41.9. The lowest BCUT2D eigenvalue weighted by Crippen LogP contribution is -2.10. The molecule has 2 aromatic rings. The molecule has 3 nitrogen and oxygen atoms in total. The number of hydrogen-bond acceptors (Lipinski definition) is 3. The molecule has 0 radical (unpaired) electrons. The third-order valence-corrected chi connectivity index (χ3v) is 2.83. The second kappa shape index (κ2) is 4.86. The van der Waals surface area contributed by atoms with E-state index in [0.717, 1.165) is 6.07 Å². The fourth-order valence-corrected chi connectivity index (χ4v) is 1.80. The second-order valence-corrected chi connectivity index (χ2v) is 4.17. The van der Waals surface area contributed by atoms with Crippen LogP contribution in [0.4, 0.5) is 13.2 Å². The van der Waals surface area contributed by atoms with Gasteiger partial charge in [-0.15, -0.1) is 0 Å². The lowest BCUT2D eigenvalue weighted by Gasteiger charge is -2.07. The lowest BCUT2D eigenvalue weighted by atomic mass is 10.1. The van der Waals surface area contributed by atoms with Crippen molar-refractivity contribution >= 4 is 29.0 Å². The predicted molar refractivity (Wildman–Crippen MR) is 61.4 cm³/mol. The minimum Gasteiger partial charge on any atom is -0.452 e. The number of ketones is 1. The smallest absolute Gasteiger partial charge is 0.433 e. The summed E-state index contributed by atoms with van der Waals surface area (Å²) in [5, 5.41) is -0.710. The van der Waals surface area contributed by atoms with Gasteiger partial charge in [0.2, 0.25) is 11.0 Å². The number of alkyl halides is 3. The second-order valence-electron chi connectivity index (χ2n) is 3.47. The van der Waals surface area contributed by atoms with Crippen molar-refractivity contribution in [2.45, 2.75) is 6.18 Å². The first-order chi connectivity index (χ1) is 8.80. The van der Waals surface area contributed by atoms with Crippen molar-refractivity contribution < 1.29 is 22.4 Å². The van der Waals surface area contributed by atoms with E-state index in [-0.39, 0.29) is 16.3 Å². The van der Waals surface area contributed by atoms with Crippen molar-refractivity contribution in [2.24, 2.45) is 0 Å². The number of carbonyl (C=O) groups is 1. The van der Waals surface area contributed by atoms with Crippen LogP contribution in [-0.2, 0) is 6.18 Å². The third kappa shape index (κ3) is 2.74. The highest BCUT2D eigenvalue weighted by molar-refractivity contribution is 6.36. The molecular weight excluding hydrogens is 306 g/mol. The monoisotopic (exact) mass is 309 g/mol. The van der Waals surface area contributed by atoms with Crippen molar-refractivity contribution in [3.63, 3.8) is 0 Å². The van der Waals surface area contributed by atoms with Crippen LogP contribution >= 0.6 is 23.2 Å². The molecule has 0 fully saturated rings. The molecule has 0 amide bonds. The maximum atomic E-state index is 12.4. The number of aromatic nitrogens is 1. The average molecular weight is 310 g/mol. The average Bonchev–Trinajstić information content (AvgIpc) is 2.73. The molecule has 0 aliphatic carbocycles. The van der Waals surface area contributed by atoms with E-state index in [1.54, 1.807) is 0 Å². The van der Waals surface area contributed by atoms with Crippen molar-refractivity contribution in [1.29, 1.82) is 0 Å². The summed E-state index contributed by atoms with van der Waals surface area (Å²) in [6.07, 6.45) is -3.44. The van der Waals surface area contributed by atoms with Gasteiger partial charge in [-0.25, -0.2) is 4.98 Å². The van der Waals surface area contributed by atoms with Gasteiger partial charge in [0.25, 0.3) is 0 Å². The maximum Gasteiger partial charge on any atom is 0.433 e. The molecule has 0 atom stereocenters. The summed E-state index contributed by atoms with van der Waals surface area (Å²) in [6.45, 7) is 0. The Kier molecular flexibility index (Phi) is 3.56. The van der Waals surface area contributed by atoms with Crippen molar-refractivity contribution in [2.75, 3.05) is 0 Å². The molecule has 0 saturated carbocycles. The maximum absolute atomic E-state index is 12.4. The number of nitrogens with zero attached hydrogens (tertiary/aromatic N) is 1. The highest BCUT2D eigenvalue weighted by atomic mass is 35.5. The Labute approximate surface area is 114 Å². The third-order valence-electron chi connectivity index (χ3n) is 2.25. The van der Waals surface area contributed by atoms with Crippen LogP contribution in [0, 0.1) is 0 Å². The molecule has 0 bridgehead atoms. The zero-order valence-corrected chi connectivity index (χ0v) is 10.5. The van der Waals surface area contributed by atoms with E-state index < -0.39 is 22.8 Å². The summed E-state index contributed by atoms with van der Waals surface area (Å²) in [5.74, 6) is -0.662.